The lowest BCUT2D eigenvalue weighted by Gasteiger charge is -2.21. The van der Waals surface area contributed by atoms with Crippen LogP contribution in [-0.4, -0.2) is 50.2 Å². The lowest BCUT2D eigenvalue weighted by atomic mass is 10.0. The van der Waals surface area contributed by atoms with Gasteiger partial charge in [-0.25, -0.2) is 0 Å². The molecule has 2 unspecified atom stereocenters. The van der Waals surface area contributed by atoms with E-state index in [2.05, 4.69) is 5.32 Å². The number of hydrogen-bond donors (Lipinski definition) is 1. The van der Waals surface area contributed by atoms with E-state index in [-0.39, 0.29) is 24.4 Å². The quantitative estimate of drug-likeness (QED) is 0.826. The topological polar surface area (TPSA) is 41.6 Å². The molecule has 0 aromatic heterocycles. The van der Waals surface area contributed by atoms with E-state index in [0.29, 0.717) is 12.3 Å². The predicted octanol–water partition coefficient (Wildman–Crippen LogP) is 1.44. The van der Waals surface area contributed by atoms with Gasteiger partial charge in [-0.3, -0.25) is 4.79 Å². The van der Waals surface area contributed by atoms with Crippen LogP contribution < -0.4 is 5.32 Å². The van der Waals surface area contributed by atoms with Crippen molar-refractivity contribution in [3.05, 3.63) is 0 Å². The van der Waals surface area contributed by atoms with Crippen LogP contribution in [0.1, 0.15) is 32.1 Å². The van der Waals surface area contributed by atoms with E-state index < -0.39 is 0 Å². The van der Waals surface area contributed by atoms with Crippen molar-refractivity contribution in [3.8, 4) is 0 Å². The minimum absolute atomic E-state index is 0. The number of halogens is 1. The molecule has 2 heterocycles. The fourth-order valence-electron chi connectivity index (χ4n) is 2.67. The first-order valence-electron chi connectivity index (χ1n) is 6.82. The molecule has 106 valence electrons. The largest absolute Gasteiger partial charge is 0.376 e. The molecule has 2 aliphatic heterocycles. The molecule has 2 aliphatic rings. The first-order chi connectivity index (χ1) is 8.25. The van der Waals surface area contributed by atoms with Crippen LogP contribution in [0.2, 0.25) is 0 Å². The fraction of sp³-hybridized carbons (Fsp3) is 0.923. The number of carbonyl (C=O) groups is 1. The zero-order chi connectivity index (χ0) is 12.1. The highest BCUT2D eigenvalue weighted by atomic mass is 35.5. The highest BCUT2D eigenvalue weighted by molar-refractivity contribution is 5.85. The summed E-state index contributed by atoms with van der Waals surface area (Å²) in [6.45, 7) is 3.83. The Morgan fingerprint density at radius 3 is 2.89 bits per heavy atom. The predicted molar refractivity (Wildman–Crippen MR) is 74.1 cm³/mol. The highest BCUT2D eigenvalue weighted by Gasteiger charge is 2.21. The molecular formula is C13H25ClN2O2. The van der Waals surface area contributed by atoms with Crippen LogP contribution in [0, 0.1) is 5.92 Å². The summed E-state index contributed by atoms with van der Waals surface area (Å²) in [5, 5.41) is 3.34. The number of nitrogens with zero attached hydrogens (tertiary/aromatic N) is 1. The molecule has 0 saturated carbocycles. The molecule has 0 aromatic carbocycles. The van der Waals surface area contributed by atoms with Gasteiger partial charge in [0.05, 0.1) is 6.10 Å². The molecular weight excluding hydrogens is 252 g/mol. The summed E-state index contributed by atoms with van der Waals surface area (Å²) in [5.74, 6) is 0.975. The van der Waals surface area contributed by atoms with Crippen molar-refractivity contribution < 1.29 is 9.53 Å². The maximum Gasteiger partial charge on any atom is 0.222 e. The third-order valence-corrected chi connectivity index (χ3v) is 3.86. The van der Waals surface area contributed by atoms with E-state index in [9.17, 15) is 4.79 Å². The summed E-state index contributed by atoms with van der Waals surface area (Å²) >= 11 is 0. The van der Waals surface area contributed by atoms with E-state index in [1.165, 1.54) is 6.42 Å². The van der Waals surface area contributed by atoms with E-state index in [1.54, 1.807) is 0 Å². The monoisotopic (exact) mass is 276 g/mol. The Morgan fingerprint density at radius 2 is 2.28 bits per heavy atom. The molecule has 0 spiro atoms. The SMILES string of the molecule is CN(CC1CCCO1)C(=O)CCC1CCNC1.Cl. The molecule has 5 heteroatoms. The van der Waals surface area contributed by atoms with Gasteiger partial charge in [-0.15, -0.1) is 12.4 Å². The number of carbonyl (C=O) groups excluding carboxylic acids is 1. The lowest BCUT2D eigenvalue weighted by molar-refractivity contribution is -0.131. The summed E-state index contributed by atoms with van der Waals surface area (Å²) in [6, 6.07) is 0. The van der Waals surface area contributed by atoms with Gasteiger partial charge >= 0.3 is 0 Å². The summed E-state index contributed by atoms with van der Waals surface area (Å²) < 4.78 is 5.55. The van der Waals surface area contributed by atoms with Gasteiger partial charge in [0.25, 0.3) is 0 Å². The van der Waals surface area contributed by atoms with Crippen LogP contribution >= 0.6 is 12.4 Å². The number of rotatable bonds is 5. The molecule has 1 amide bonds. The average Bonchev–Trinajstić information content (AvgIpc) is 2.98. The van der Waals surface area contributed by atoms with Crippen molar-refractivity contribution >= 4 is 18.3 Å². The third-order valence-electron chi connectivity index (χ3n) is 3.86. The zero-order valence-corrected chi connectivity index (χ0v) is 12.0. The van der Waals surface area contributed by atoms with Gasteiger partial charge in [0.1, 0.15) is 0 Å². The summed E-state index contributed by atoms with van der Waals surface area (Å²) in [7, 11) is 1.90. The van der Waals surface area contributed by atoms with Crippen LogP contribution in [0.5, 0.6) is 0 Å². The molecule has 2 saturated heterocycles. The minimum Gasteiger partial charge on any atom is -0.376 e. The van der Waals surface area contributed by atoms with Gasteiger partial charge < -0.3 is 15.0 Å². The van der Waals surface area contributed by atoms with Gasteiger partial charge in [-0.05, 0) is 44.7 Å². The van der Waals surface area contributed by atoms with Crippen molar-refractivity contribution in [2.45, 2.75) is 38.2 Å². The zero-order valence-electron chi connectivity index (χ0n) is 11.2. The van der Waals surface area contributed by atoms with Crippen LogP contribution in [0.3, 0.4) is 0 Å². The molecule has 0 aromatic rings. The van der Waals surface area contributed by atoms with Gasteiger partial charge in [-0.1, -0.05) is 0 Å². The number of ether oxygens (including phenoxy) is 1. The molecule has 0 radical (unpaired) electrons. The summed E-state index contributed by atoms with van der Waals surface area (Å²) in [4.78, 5) is 13.8. The molecule has 2 rings (SSSR count). The molecule has 4 nitrogen and oxygen atoms in total. The first kappa shape index (κ1) is 15.7. The van der Waals surface area contributed by atoms with Crippen LogP contribution in [0.15, 0.2) is 0 Å². The Labute approximate surface area is 116 Å². The van der Waals surface area contributed by atoms with Crippen molar-refractivity contribution in [1.82, 2.24) is 10.2 Å². The van der Waals surface area contributed by atoms with Crippen molar-refractivity contribution in [2.75, 3.05) is 33.3 Å². The molecule has 2 fully saturated rings. The Balaban J connectivity index is 0.00000162. The van der Waals surface area contributed by atoms with Crippen LogP contribution in [0.25, 0.3) is 0 Å². The lowest BCUT2D eigenvalue weighted by Crippen LogP contribution is -2.34. The number of nitrogens with one attached hydrogen (secondary N) is 1. The first-order valence-corrected chi connectivity index (χ1v) is 6.82. The van der Waals surface area contributed by atoms with Gasteiger partial charge in [0, 0.05) is 26.6 Å². The standard InChI is InChI=1S/C13H24N2O2.ClH/c1-15(10-12-3-2-8-17-12)13(16)5-4-11-6-7-14-9-11;/h11-12,14H,2-10H2,1H3;1H. The summed E-state index contributed by atoms with van der Waals surface area (Å²) in [5.41, 5.74) is 0. The van der Waals surface area contributed by atoms with E-state index in [0.717, 1.165) is 45.5 Å². The van der Waals surface area contributed by atoms with E-state index in [4.69, 9.17) is 4.74 Å². The van der Waals surface area contributed by atoms with E-state index in [1.807, 2.05) is 11.9 Å². The summed E-state index contributed by atoms with van der Waals surface area (Å²) in [6.07, 6.45) is 5.46. The normalized spacial score (nSPS) is 26.9. The Kier molecular flexibility index (Phi) is 6.97. The van der Waals surface area contributed by atoms with Crippen LogP contribution in [0.4, 0.5) is 0 Å². The second kappa shape index (κ2) is 7.97. The second-order valence-corrected chi connectivity index (χ2v) is 5.31. The van der Waals surface area contributed by atoms with Gasteiger partial charge in [0.2, 0.25) is 5.91 Å². The van der Waals surface area contributed by atoms with Crippen molar-refractivity contribution in [1.29, 1.82) is 0 Å². The van der Waals surface area contributed by atoms with Crippen molar-refractivity contribution in [3.63, 3.8) is 0 Å². The average molecular weight is 277 g/mol. The Bertz CT molecular complexity index is 251. The fourth-order valence-corrected chi connectivity index (χ4v) is 2.67. The van der Waals surface area contributed by atoms with Crippen LogP contribution in [-0.2, 0) is 9.53 Å². The molecule has 0 aliphatic carbocycles. The maximum atomic E-state index is 11.9. The third kappa shape index (κ3) is 4.75. The molecule has 0 bridgehead atoms. The molecule has 2 atom stereocenters. The Morgan fingerprint density at radius 1 is 1.44 bits per heavy atom. The maximum absolute atomic E-state index is 11.9. The second-order valence-electron chi connectivity index (χ2n) is 5.31. The minimum atomic E-state index is 0. The Hall–Kier alpha value is -0.320. The van der Waals surface area contributed by atoms with Gasteiger partial charge in [-0.2, -0.15) is 0 Å². The number of amides is 1. The smallest absolute Gasteiger partial charge is 0.222 e. The van der Waals surface area contributed by atoms with Gasteiger partial charge in [0.15, 0.2) is 0 Å². The highest BCUT2D eigenvalue weighted by Crippen LogP contribution is 2.16. The number of hydrogen-bond acceptors (Lipinski definition) is 3. The van der Waals surface area contributed by atoms with E-state index >= 15 is 0 Å². The molecule has 18 heavy (non-hydrogen) atoms. The van der Waals surface area contributed by atoms with Crippen molar-refractivity contribution in [2.24, 2.45) is 5.92 Å². The molecule has 1 N–H and O–H groups in total. The number of likely N-dealkylation sites (N-methyl/N-ethyl adjacent to an activating group) is 1.